The Kier molecular flexibility index (Phi) is 7.70. The number of hydrogen-bond acceptors (Lipinski definition) is 2. The number of rotatable bonds is 6. The predicted octanol–water partition coefficient (Wildman–Crippen LogP) is 0.678. The third-order valence-electron chi connectivity index (χ3n) is 1.40. The van der Waals surface area contributed by atoms with Crippen molar-refractivity contribution in [2.75, 3.05) is 19.6 Å². The summed E-state index contributed by atoms with van der Waals surface area (Å²) in [6.07, 6.45) is 5.21. The predicted molar refractivity (Wildman–Crippen MR) is 51.0 cm³/mol. The van der Waals surface area contributed by atoms with Crippen LogP contribution in [0.25, 0.3) is 0 Å². The molecule has 0 saturated carbocycles. The number of amides is 1. The fourth-order valence-corrected chi connectivity index (χ4v) is 0.804. The Balaban J connectivity index is 2.96. The molecule has 3 heteroatoms. The molecular weight excluding hydrogens is 152 g/mol. The van der Waals surface area contributed by atoms with Gasteiger partial charge in [-0.15, -0.1) is 0 Å². The Labute approximate surface area is 74.2 Å². The van der Waals surface area contributed by atoms with Gasteiger partial charge in [0.05, 0.1) is 0 Å². The van der Waals surface area contributed by atoms with Crippen molar-refractivity contribution < 1.29 is 4.79 Å². The van der Waals surface area contributed by atoms with Crippen LogP contribution in [-0.2, 0) is 4.79 Å². The van der Waals surface area contributed by atoms with E-state index in [1.807, 2.05) is 13.0 Å². The van der Waals surface area contributed by atoms with Gasteiger partial charge in [0.1, 0.15) is 0 Å². The highest BCUT2D eigenvalue weighted by atomic mass is 16.1. The second-order valence-electron chi connectivity index (χ2n) is 2.59. The normalized spacial score (nSPS) is 10.5. The topological polar surface area (TPSA) is 41.1 Å². The number of carbonyl (C=O) groups is 1. The molecule has 0 atom stereocenters. The maximum absolute atomic E-state index is 10.4. The van der Waals surface area contributed by atoms with E-state index in [0.717, 1.165) is 19.5 Å². The summed E-state index contributed by atoms with van der Waals surface area (Å²) in [6.45, 7) is 6.07. The molecule has 70 valence electrons. The summed E-state index contributed by atoms with van der Waals surface area (Å²) in [5.74, 6) is 0.0326. The minimum Gasteiger partial charge on any atom is -0.355 e. The molecule has 0 aromatic heterocycles. The average Bonchev–Trinajstić information content (AvgIpc) is 2.02. The van der Waals surface area contributed by atoms with Gasteiger partial charge in [0, 0.05) is 20.0 Å². The zero-order valence-corrected chi connectivity index (χ0v) is 7.89. The van der Waals surface area contributed by atoms with Gasteiger partial charge in [-0.1, -0.05) is 12.2 Å². The fraction of sp³-hybridized carbons (Fsp3) is 0.667. The van der Waals surface area contributed by atoms with Gasteiger partial charge in [0.25, 0.3) is 0 Å². The third kappa shape index (κ3) is 9.17. The summed E-state index contributed by atoms with van der Waals surface area (Å²) in [6, 6.07) is 0. The molecule has 2 N–H and O–H groups in total. The van der Waals surface area contributed by atoms with Crippen molar-refractivity contribution in [1.82, 2.24) is 10.6 Å². The summed E-state index contributed by atoms with van der Waals surface area (Å²) >= 11 is 0. The van der Waals surface area contributed by atoms with Gasteiger partial charge in [-0.2, -0.15) is 0 Å². The summed E-state index contributed by atoms with van der Waals surface area (Å²) in [7, 11) is 0. The van der Waals surface area contributed by atoms with Crippen LogP contribution in [-0.4, -0.2) is 25.5 Å². The van der Waals surface area contributed by atoms with Crippen LogP contribution >= 0.6 is 0 Å². The van der Waals surface area contributed by atoms with E-state index in [1.165, 1.54) is 6.92 Å². The Morgan fingerprint density at radius 1 is 1.33 bits per heavy atom. The largest absolute Gasteiger partial charge is 0.355 e. The molecule has 0 saturated heterocycles. The van der Waals surface area contributed by atoms with E-state index < -0.39 is 0 Å². The zero-order chi connectivity index (χ0) is 9.23. The molecule has 0 aromatic carbocycles. The monoisotopic (exact) mass is 170 g/mol. The lowest BCUT2D eigenvalue weighted by Crippen LogP contribution is -2.30. The Bertz CT molecular complexity index is 143. The first-order valence-corrected chi connectivity index (χ1v) is 4.33. The lowest BCUT2D eigenvalue weighted by molar-refractivity contribution is -0.118. The molecular formula is C9H18N2O. The molecule has 0 aromatic rings. The molecule has 0 rings (SSSR count). The van der Waals surface area contributed by atoms with Crippen molar-refractivity contribution in [3.8, 4) is 0 Å². The van der Waals surface area contributed by atoms with Gasteiger partial charge in [0.15, 0.2) is 0 Å². The fourth-order valence-electron chi connectivity index (χ4n) is 0.804. The van der Waals surface area contributed by atoms with Crippen LogP contribution in [0.5, 0.6) is 0 Å². The van der Waals surface area contributed by atoms with E-state index in [-0.39, 0.29) is 5.91 Å². The van der Waals surface area contributed by atoms with E-state index in [9.17, 15) is 4.79 Å². The van der Waals surface area contributed by atoms with Crippen molar-refractivity contribution in [1.29, 1.82) is 0 Å². The smallest absolute Gasteiger partial charge is 0.216 e. The van der Waals surface area contributed by atoms with Gasteiger partial charge in [-0.05, 0) is 19.9 Å². The molecule has 0 aliphatic rings. The van der Waals surface area contributed by atoms with E-state index >= 15 is 0 Å². The molecule has 0 aliphatic heterocycles. The van der Waals surface area contributed by atoms with Crippen LogP contribution in [0.3, 0.4) is 0 Å². The molecule has 0 spiro atoms. The van der Waals surface area contributed by atoms with Crippen LogP contribution in [0.1, 0.15) is 20.3 Å². The first kappa shape index (κ1) is 11.2. The number of carbonyl (C=O) groups excluding carboxylic acids is 1. The lowest BCUT2D eigenvalue weighted by atomic mass is 10.4. The Morgan fingerprint density at radius 2 is 2.08 bits per heavy atom. The lowest BCUT2D eigenvalue weighted by Gasteiger charge is -2.02. The number of nitrogens with one attached hydrogen (secondary N) is 2. The number of allylic oxidation sites excluding steroid dienone is 1. The van der Waals surface area contributed by atoms with Crippen molar-refractivity contribution in [2.24, 2.45) is 0 Å². The van der Waals surface area contributed by atoms with Crippen LogP contribution in [0.15, 0.2) is 12.2 Å². The summed E-state index contributed by atoms with van der Waals surface area (Å²) in [4.78, 5) is 10.4. The van der Waals surface area contributed by atoms with E-state index in [1.54, 1.807) is 0 Å². The first-order chi connectivity index (χ1) is 5.77. The maximum atomic E-state index is 10.4. The quantitative estimate of drug-likeness (QED) is 0.454. The second kappa shape index (κ2) is 8.27. The van der Waals surface area contributed by atoms with Gasteiger partial charge < -0.3 is 10.6 Å². The molecule has 3 nitrogen and oxygen atoms in total. The number of hydrogen-bond donors (Lipinski definition) is 2. The van der Waals surface area contributed by atoms with Crippen molar-refractivity contribution >= 4 is 5.91 Å². The highest BCUT2D eigenvalue weighted by molar-refractivity contribution is 5.72. The molecule has 0 unspecified atom stereocenters. The Morgan fingerprint density at radius 3 is 2.67 bits per heavy atom. The SMILES string of the molecule is C/C=C/CCNCCNC(C)=O. The minimum absolute atomic E-state index is 0.0326. The van der Waals surface area contributed by atoms with E-state index in [2.05, 4.69) is 16.7 Å². The molecule has 0 radical (unpaired) electrons. The second-order valence-corrected chi connectivity index (χ2v) is 2.59. The molecule has 0 aliphatic carbocycles. The van der Waals surface area contributed by atoms with Crippen LogP contribution in [0, 0.1) is 0 Å². The standard InChI is InChI=1S/C9H18N2O/c1-3-4-5-6-10-7-8-11-9(2)12/h3-4,10H,5-8H2,1-2H3,(H,11,12)/b4-3+. The van der Waals surface area contributed by atoms with Crippen LogP contribution < -0.4 is 10.6 Å². The van der Waals surface area contributed by atoms with Crippen LogP contribution in [0.4, 0.5) is 0 Å². The highest BCUT2D eigenvalue weighted by Crippen LogP contribution is 1.77. The Hall–Kier alpha value is -0.830. The van der Waals surface area contributed by atoms with Crippen molar-refractivity contribution in [3.63, 3.8) is 0 Å². The molecule has 12 heavy (non-hydrogen) atoms. The molecule has 0 fully saturated rings. The minimum atomic E-state index is 0.0326. The van der Waals surface area contributed by atoms with E-state index in [4.69, 9.17) is 0 Å². The molecule has 0 bridgehead atoms. The van der Waals surface area contributed by atoms with Crippen molar-refractivity contribution in [3.05, 3.63) is 12.2 Å². The van der Waals surface area contributed by atoms with Gasteiger partial charge in [-0.25, -0.2) is 0 Å². The summed E-state index contributed by atoms with van der Waals surface area (Å²) in [5.41, 5.74) is 0. The zero-order valence-electron chi connectivity index (χ0n) is 7.89. The maximum Gasteiger partial charge on any atom is 0.216 e. The van der Waals surface area contributed by atoms with E-state index in [0.29, 0.717) is 6.54 Å². The molecule has 1 amide bonds. The average molecular weight is 170 g/mol. The van der Waals surface area contributed by atoms with Crippen LogP contribution in [0.2, 0.25) is 0 Å². The van der Waals surface area contributed by atoms with Gasteiger partial charge in [-0.3, -0.25) is 4.79 Å². The van der Waals surface area contributed by atoms with Gasteiger partial charge >= 0.3 is 0 Å². The first-order valence-electron chi connectivity index (χ1n) is 4.33. The highest BCUT2D eigenvalue weighted by Gasteiger charge is 1.88. The summed E-state index contributed by atoms with van der Waals surface area (Å²) < 4.78 is 0. The van der Waals surface area contributed by atoms with Gasteiger partial charge in [0.2, 0.25) is 5.91 Å². The van der Waals surface area contributed by atoms with Crippen molar-refractivity contribution in [2.45, 2.75) is 20.3 Å². The molecule has 0 heterocycles. The summed E-state index contributed by atoms with van der Waals surface area (Å²) in [5, 5.41) is 5.93. The third-order valence-corrected chi connectivity index (χ3v) is 1.40.